The number of carbonyl (C=O) groups excluding carboxylic acids is 1. The van der Waals surface area contributed by atoms with E-state index in [9.17, 15) is 18.0 Å². The topological polar surface area (TPSA) is 68.3 Å². The van der Waals surface area contributed by atoms with Gasteiger partial charge in [0.15, 0.2) is 5.17 Å². The largest absolute Gasteiger partial charge is 0.416 e. The van der Waals surface area contributed by atoms with Gasteiger partial charge in [-0.25, -0.2) is 0 Å². The Bertz CT molecular complexity index is 1540. The van der Waals surface area contributed by atoms with E-state index in [4.69, 9.17) is 11.6 Å². The van der Waals surface area contributed by atoms with E-state index >= 15 is 0 Å². The van der Waals surface area contributed by atoms with Crippen LogP contribution < -0.4 is 0 Å². The minimum absolute atomic E-state index is 0.0240. The highest BCUT2D eigenvalue weighted by atomic mass is 35.5. The van der Waals surface area contributed by atoms with Crippen molar-refractivity contribution in [3.8, 4) is 0 Å². The molecule has 2 aromatic heterocycles. The normalized spacial score (nSPS) is 15.0. The van der Waals surface area contributed by atoms with E-state index in [0.29, 0.717) is 15.6 Å². The Kier molecular flexibility index (Phi) is 7.31. The summed E-state index contributed by atoms with van der Waals surface area (Å²) in [7, 11) is 1.90. The van der Waals surface area contributed by atoms with Gasteiger partial charge in [-0.3, -0.25) is 14.2 Å². The number of carbonyl (C=O) groups is 1. The van der Waals surface area contributed by atoms with Crippen molar-refractivity contribution in [2.24, 2.45) is 4.99 Å². The van der Waals surface area contributed by atoms with Crippen molar-refractivity contribution in [2.45, 2.75) is 25.7 Å². The predicted molar refractivity (Wildman–Crippen MR) is 143 cm³/mol. The number of nitrogens with zero attached hydrogens (tertiary/aromatic N) is 6. The van der Waals surface area contributed by atoms with Gasteiger partial charge in [0.1, 0.15) is 0 Å². The number of aromatic nitrogens is 4. The second-order valence-corrected chi connectivity index (χ2v) is 10.2. The summed E-state index contributed by atoms with van der Waals surface area (Å²) in [5.41, 5.74) is 0.737. The van der Waals surface area contributed by atoms with Crippen LogP contribution in [0.5, 0.6) is 0 Å². The predicted octanol–water partition coefficient (Wildman–Crippen LogP) is 5.95. The Balaban J connectivity index is 1.28. The van der Waals surface area contributed by atoms with Gasteiger partial charge in [0, 0.05) is 42.9 Å². The Morgan fingerprint density at radius 2 is 2.00 bits per heavy atom. The smallest absolute Gasteiger partial charge is 0.354 e. The third kappa shape index (κ3) is 5.78. The van der Waals surface area contributed by atoms with E-state index in [-0.39, 0.29) is 23.0 Å². The molecule has 0 saturated heterocycles. The molecule has 1 amide bonds. The van der Waals surface area contributed by atoms with Gasteiger partial charge in [-0.15, -0.1) is 0 Å². The Labute approximate surface area is 225 Å². The number of hydrogen-bond donors (Lipinski definition) is 0. The zero-order chi connectivity index (χ0) is 26.9. The molecule has 0 aliphatic carbocycles. The molecular formula is C26H22ClF3N6OS. The first-order valence-electron chi connectivity index (χ1n) is 11.7. The summed E-state index contributed by atoms with van der Waals surface area (Å²) in [4.78, 5) is 19.2. The van der Waals surface area contributed by atoms with Gasteiger partial charge in [0.05, 0.1) is 28.7 Å². The fourth-order valence-electron chi connectivity index (χ4n) is 4.14. The number of aryl methyl sites for hydroxylation is 1. The molecule has 38 heavy (non-hydrogen) atoms. The van der Waals surface area contributed by atoms with Crippen LogP contribution in [0.15, 0.2) is 71.0 Å². The lowest BCUT2D eigenvalue weighted by Crippen LogP contribution is -2.25. The molecule has 0 spiro atoms. The van der Waals surface area contributed by atoms with E-state index in [1.165, 1.54) is 28.6 Å². The highest BCUT2D eigenvalue weighted by Gasteiger charge is 2.33. The van der Waals surface area contributed by atoms with Gasteiger partial charge in [-0.2, -0.15) is 28.4 Å². The average molecular weight is 559 g/mol. The Hall–Kier alpha value is -3.57. The molecule has 5 rings (SSSR count). The number of aliphatic imine (C=N–C) groups is 1. The average Bonchev–Trinajstić information content (AvgIpc) is 3.61. The summed E-state index contributed by atoms with van der Waals surface area (Å²) in [6.07, 6.45) is 3.33. The van der Waals surface area contributed by atoms with E-state index < -0.39 is 11.7 Å². The van der Waals surface area contributed by atoms with Gasteiger partial charge in [0.25, 0.3) is 5.91 Å². The fourth-order valence-corrected chi connectivity index (χ4v) is 5.22. The number of amides is 1. The summed E-state index contributed by atoms with van der Waals surface area (Å²) >= 11 is 7.11. The molecule has 196 valence electrons. The Morgan fingerprint density at radius 1 is 1.16 bits per heavy atom. The standard InChI is InChI=1S/C26H22ClF3N6OS/c1-34(9-3-11-35-10-2-8-31-35)25-33-24(37)23(38-25)13-17-4-7-22-19(12-17)15-32-36(22)16-18-5-6-20(27)14-21(18)26(28,29)30/h2,4-8,10,12-15H,3,9,11,16H2,1H3/b23-13-. The summed E-state index contributed by atoms with van der Waals surface area (Å²) < 4.78 is 43.9. The number of fused-ring (bicyclic) bond motifs is 1. The third-order valence-corrected chi connectivity index (χ3v) is 7.37. The molecule has 0 bridgehead atoms. The minimum atomic E-state index is -4.52. The van der Waals surface area contributed by atoms with Crippen LogP contribution >= 0.6 is 23.4 Å². The summed E-state index contributed by atoms with van der Waals surface area (Å²) in [6.45, 7) is 1.43. The van der Waals surface area contributed by atoms with Crippen molar-refractivity contribution < 1.29 is 18.0 Å². The number of alkyl halides is 3. The lowest BCUT2D eigenvalue weighted by atomic mass is 10.1. The number of amidine groups is 1. The number of benzene rings is 2. The first-order chi connectivity index (χ1) is 18.2. The van der Waals surface area contributed by atoms with Gasteiger partial charge < -0.3 is 4.90 Å². The maximum absolute atomic E-state index is 13.5. The van der Waals surface area contributed by atoms with Crippen LogP contribution in [0, 0.1) is 0 Å². The molecule has 0 radical (unpaired) electrons. The van der Waals surface area contributed by atoms with Crippen molar-refractivity contribution in [1.82, 2.24) is 24.5 Å². The van der Waals surface area contributed by atoms with Crippen LogP contribution in [0.25, 0.3) is 17.0 Å². The fraction of sp³-hybridized carbons (Fsp3) is 0.231. The lowest BCUT2D eigenvalue weighted by Gasteiger charge is -2.17. The van der Waals surface area contributed by atoms with Crippen LogP contribution in [0.4, 0.5) is 13.2 Å². The quantitative estimate of drug-likeness (QED) is 0.262. The summed E-state index contributed by atoms with van der Waals surface area (Å²) in [5.74, 6) is -0.304. The van der Waals surface area contributed by atoms with Crippen molar-refractivity contribution in [3.05, 3.63) is 87.7 Å². The van der Waals surface area contributed by atoms with E-state index in [1.54, 1.807) is 30.6 Å². The molecule has 3 heterocycles. The highest BCUT2D eigenvalue weighted by Crippen LogP contribution is 2.35. The van der Waals surface area contributed by atoms with E-state index in [1.807, 2.05) is 35.0 Å². The summed E-state index contributed by atoms with van der Waals surface area (Å²) in [6, 6.07) is 11.0. The highest BCUT2D eigenvalue weighted by molar-refractivity contribution is 8.18. The molecule has 2 aromatic carbocycles. The monoisotopic (exact) mass is 558 g/mol. The number of rotatable bonds is 7. The first-order valence-corrected chi connectivity index (χ1v) is 12.9. The molecular weight excluding hydrogens is 537 g/mol. The van der Waals surface area contributed by atoms with Gasteiger partial charge in [-0.1, -0.05) is 23.7 Å². The Morgan fingerprint density at radius 3 is 2.76 bits per heavy atom. The van der Waals surface area contributed by atoms with Crippen LogP contribution in [-0.4, -0.2) is 49.1 Å². The molecule has 7 nitrogen and oxygen atoms in total. The van der Waals surface area contributed by atoms with Crippen molar-refractivity contribution >= 4 is 51.4 Å². The van der Waals surface area contributed by atoms with Crippen molar-refractivity contribution in [3.63, 3.8) is 0 Å². The zero-order valence-corrected chi connectivity index (χ0v) is 21.8. The molecule has 1 aliphatic rings. The minimum Gasteiger partial charge on any atom is -0.354 e. The summed E-state index contributed by atoms with van der Waals surface area (Å²) in [5, 5.41) is 9.89. The molecule has 1 aliphatic heterocycles. The molecule has 0 unspecified atom stereocenters. The number of thioether (sulfide) groups is 1. The van der Waals surface area contributed by atoms with Crippen molar-refractivity contribution in [1.29, 1.82) is 0 Å². The molecule has 4 aromatic rings. The van der Waals surface area contributed by atoms with Crippen LogP contribution in [0.1, 0.15) is 23.1 Å². The molecule has 0 N–H and O–H groups in total. The SMILES string of the molecule is CN(CCCn1cccn1)C1=NC(=O)/C(=C/c2ccc3c(cnn3Cc3ccc(Cl)cc3C(F)(F)F)c2)S1. The first kappa shape index (κ1) is 26.1. The van der Waals surface area contributed by atoms with Crippen molar-refractivity contribution in [2.75, 3.05) is 13.6 Å². The number of halogens is 4. The lowest BCUT2D eigenvalue weighted by molar-refractivity contribution is -0.138. The molecule has 0 atom stereocenters. The van der Waals surface area contributed by atoms with E-state index in [0.717, 1.165) is 36.5 Å². The van der Waals surface area contributed by atoms with E-state index in [2.05, 4.69) is 15.2 Å². The maximum atomic E-state index is 13.5. The van der Waals surface area contributed by atoms with Crippen LogP contribution in [-0.2, 0) is 24.1 Å². The second-order valence-electron chi connectivity index (χ2n) is 8.77. The zero-order valence-electron chi connectivity index (χ0n) is 20.2. The third-order valence-electron chi connectivity index (χ3n) is 6.04. The second kappa shape index (κ2) is 10.7. The van der Waals surface area contributed by atoms with Gasteiger partial charge in [-0.05, 0) is 65.7 Å². The molecule has 0 saturated carbocycles. The van der Waals surface area contributed by atoms with Gasteiger partial charge in [0.2, 0.25) is 0 Å². The molecule has 0 fully saturated rings. The number of hydrogen-bond acceptors (Lipinski definition) is 5. The van der Waals surface area contributed by atoms with Gasteiger partial charge >= 0.3 is 6.18 Å². The van der Waals surface area contributed by atoms with Crippen LogP contribution in [0.3, 0.4) is 0 Å². The maximum Gasteiger partial charge on any atom is 0.416 e. The van der Waals surface area contributed by atoms with Crippen LogP contribution in [0.2, 0.25) is 5.02 Å². The molecule has 12 heteroatoms.